The SMILES string of the molecule is C[C@H](OP(=O)(O)O)C(=O)O.NC1CCCCC1. The summed E-state index contributed by atoms with van der Waals surface area (Å²) in [6.45, 7) is 1.03. The lowest BCUT2D eigenvalue weighted by atomic mass is 9.97. The van der Waals surface area contributed by atoms with Crippen LogP contribution in [-0.4, -0.2) is 33.0 Å². The van der Waals surface area contributed by atoms with Crippen LogP contribution in [0.5, 0.6) is 0 Å². The lowest BCUT2D eigenvalue weighted by Gasteiger charge is -2.15. The van der Waals surface area contributed by atoms with Gasteiger partial charge in [-0.3, -0.25) is 4.52 Å². The van der Waals surface area contributed by atoms with Crippen molar-refractivity contribution in [2.24, 2.45) is 5.73 Å². The van der Waals surface area contributed by atoms with Gasteiger partial charge in [0.1, 0.15) is 0 Å². The molecule has 0 aromatic carbocycles. The second-order valence-electron chi connectivity index (χ2n) is 3.97. The van der Waals surface area contributed by atoms with Crippen LogP contribution < -0.4 is 5.73 Å². The van der Waals surface area contributed by atoms with Gasteiger partial charge in [0.25, 0.3) is 0 Å². The Kier molecular flexibility index (Phi) is 7.58. The summed E-state index contributed by atoms with van der Waals surface area (Å²) < 4.78 is 13.7. The normalized spacial score (nSPS) is 19.1. The second kappa shape index (κ2) is 7.79. The standard InChI is InChI=1S/C6H13N.C3H7O6P/c7-6-4-2-1-3-5-6;1-2(3(4)5)9-10(6,7)8/h6H,1-5,7H2;2H,1H3,(H,4,5)(H2,6,7,8)/t;2-/m.0/s1. The highest BCUT2D eigenvalue weighted by molar-refractivity contribution is 7.46. The van der Waals surface area contributed by atoms with E-state index in [1.807, 2.05) is 0 Å². The highest BCUT2D eigenvalue weighted by atomic mass is 31.2. The smallest absolute Gasteiger partial charge is 0.470 e. The van der Waals surface area contributed by atoms with Crippen LogP contribution in [0.25, 0.3) is 0 Å². The number of phosphoric ester groups is 1. The van der Waals surface area contributed by atoms with Crippen molar-refractivity contribution < 1.29 is 28.8 Å². The van der Waals surface area contributed by atoms with Gasteiger partial charge < -0.3 is 20.6 Å². The molecule has 8 heteroatoms. The lowest BCUT2D eigenvalue weighted by molar-refractivity contribution is -0.145. The summed E-state index contributed by atoms with van der Waals surface area (Å²) in [5.74, 6) is -1.41. The van der Waals surface area contributed by atoms with Crippen LogP contribution in [0.15, 0.2) is 0 Å². The number of hydrogen-bond donors (Lipinski definition) is 4. The Morgan fingerprint density at radius 1 is 1.35 bits per heavy atom. The maximum Gasteiger partial charge on any atom is 0.470 e. The first-order chi connectivity index (χ1) is 7.72. The molecule has 5 N–H and O–H groups in total. The highest BCUT2D eigenvalue weighted by Gasteiger charge is 2.23. The highest BCUT2D eigenvalue weighted by Crippen LogP contribution is 2.37. The molecule has 0 heterocycles. The van der Waals surface area contributed by atoms with E-state index >= 15 is 0 Å². The molecule has 1 fully saturated rings. The van der Waals surface area contributed by atoms with Crippen LogP contribution in [0.3, 0.4) is 0 Å². The Balaban J connectivity index is 0.000000318. The molecule has 0 saturated heterocycles. The van der Waals surface area contributed by atoms with Crippen molar-refractivity contribution >= 4 is 13.8 Å². The van der Waals surface area contributed by atoms with Gasteiger partial charge in [-0.2, -0.15) is 0 Å². The molecule has 0 aromatic rings. The molecular weight excluding hydrogens is 249 g/mol. The summed E-state index contributed by atoms with van der Waals surface area (Å²) in [6.07, 6.45) is 5.18. The van der Waals surface area contributed by atoms with Crippen LogP contribution in [0.2, 0.25) is 0 Å². The third-order valence-electron chi connectivity index (χ3n) is 2.29. The molecule has 0 aromatic heterocycles. The van der Waals surface area contributed by atoms with Crippen molar-refractivity contribution in [1.29, 1.82) is 0 Å². The molecular formula is C9H20NO6P. The van der Waals surface area contributed by atoms with E-state index in [0.717, 1.165) is 6.92 Å². The summed E-state index contributed by atoms with van der Waals surface area (Å²) in [4.78, 5) is 26.0. The predicted molar refractivity (Wildman–Crippen MR) is 61.3 cm³/mol. The topological polar surface area (TPSA) is 130 Å². The van der Waals surface area contributed by atoms with E-state index in [1.54, 1.807) is 0 Å². The molecule has 102 valence electrons. The fraction of sp³-hybridized carbons (Fsp3) is 0.889. The molecule has 0 amide bonds. The van der Waals surface area contributed by atoms with Gasteiger partial charge >= 0.3 is 13.8 Å². The van der Waals surface area contributed by atoms with E-state index in [1.165, 1.54) is 32.1 Å². The Hall–Kier alpha value is -0.460. The average Bonchev–Trinajstić information content (AvgIpc) is 2.17. The molecule has 0 radical (unpaired) electrons. The van der Waals surface area contributed by atoms with E-state index in [4.69, 9.17) is 20.6 Å². The van der Waals surface area contributed by atoms with Gasteiger partial charge in [0, 0.05) is 6.04 Å². The Bertz CT molecular complexity index is 273. The Morgan fingerprint density at radius 2 is 1.82 bits per heavy atom. The van der Waals surface area contributed by atoms with Crippen LogP contribution in [0.4, 0.5) is 0 Å². The summed E-state index contributed by atoms with van der Waals surface area (Å²) in [6, 6.07) is 0.536. The van der Waals surface area contributed by atoms with Crippen LogP contribution in [0.1, 0.15) is 39.0 Å². The number of carboxylic acids is 1. The van der Waals surface area contributed by atoms with Crippen molar-refractivity contribution in [1.82, 2.24) is 0 Å². The van der Waals surface area contributed by atoms with E-state index < -0.39 is 19.9 Å². The largest absolute Gasteiger partial charge is 0.479 e. The molecule has 17 heavy (non-hydrogen) atoms. The molecule has 7 nitrogen and oxygen atoms in total. The fourth-order valence-corrected chi connectivity index (χ4v) is 1.89. The molecule has 0 unspecified atom stereocenters. The quantitative estimate of drug-likeness (QED) is 0.558. The van der Waals surface area contributed by atoms with Crippen LogP contribution >= 0.6 is 7.82 Å². The van der Waals surface area contributed by atoms with Crippen LogP contribution in [0, 0.1) is 0 Å². The first-order valence-corrected chi connectivity index (χ1v) is 6.97. The molecule has 1 aliphatic rings. The van der Waals surface area contributed by atoms with Gasteiger partial charge in [-0.25, -0.2) is 9.36 Å². The third kappa shape index (κ3) is 10.4. The molecule has 0 aliphatic heterocycles. The zero-order chi connectivity index (χ0) is 13.5. The third-order valence-corrected chi connectivity index (χ3v) is 2.88. The average molecular weight is 269 g/mol. The van der Waals surface area contributed by atoms with Gasteiger partial charge in [0.05, 0.1) is 0 Å². The number of nitrogens with two attached hydrogens (primary N) is 1. The zero-order valence-corrected chi connectivity index (χ0v) is 10.7. The number of aliphatic carboxylic acids is 1. The number of carbonyl (C=O) groups is 1. The minimum atomic E-state index is -4.66. The van der Waals surface area contributed by atoms with Crippen molar-refractivity contribution in [3.63, 3.8) is 0 Å². The molecule has 1 atom stereocenters. The predicted octanol–water partition coefficient (Wildman–Crippen LogP) is 0.847. The van der Waals surface area contributed by atoms with Gasteiger partial charge in [-0.05, 0) is 19.8 Å². The van der Waals surface area contributed by atoms with E-state index in [0.29, 0.717) is 6.04 Å². The Morgan fingerprint density at radius 3 is 2.00 bits per heavy atom. The summed E-state index contributed by atoms with van der Waals surface area (Å²) in [5.41, 5.74) is 5.63. The van der Waals surface area contributed by atoms with Gasteiger partial charge in [-0.1, -0.05) is 19.3 Å². The maximum absolute atomic E-state index is 9.96. The van der Waals surface area contributed by atoms with Crippen molar-refractivity contribution in [2.75, 3.05) is 0 Å². The van der Waals surface area contributed by atoms with Gasteiger partial charge in [0.2, 0.25) is 0 Å². The van der Waals surface area contributed by atoms with Crippen molar-refractivity contribution in [3.05, 3.63) is 0 Å². The number of carboxylic acid groups (broad SMARTS) is 1. The maximum atomic E-state index is 9.96. The molecule has 1 rings (SSSR count). The van der Waals surface area contributed by atoms with E-state index in [2.05, 4.69) is 4.52 Å². The molecule has 1 saturated carbocycles. The van der Waals surface area contributed by atoms with Gasteiger partial charge in [-0.15, -0.1) is 0 Å². The van der Waals surface area contributed by atoms with Crippen molar-refractivity contribution in [3.8, 4) is 0 Å². The number of hydrogen-bond acceptors (Lipinski definition) is 4. The number of rotatable bonds is 3. The van der Waals surface area contributed by atoms with Crippen molar-refractivity contribution in [2.45, 2.75) is 51.2 Å². The summed E-state index contributed by atoms with van der Waals surface area (Å²) >= 11 is 0. The van der Waals surface area contributed by atoms with E-state index in [9.17, 15) is 9.36 Å². The summed E-state index contributed by atoms with van der Waals surface area (Å²) in [5, 5.41) is 8.08. The zero-order valence-electron chi connectivity index (χ0n) is 9.78. The van der Waals surface area contributed by atoms with Crippen LogP contribution in [-0.2, 0) is 13.9 Å². The van der Waals surface area contributed by atoms with E-state index in [-0.39, 0.29) is 0 Å². The second-order valence-corrected chi connectivity index (χ2v) is 5.17. The fourth-order valence-electron chi connectivity index (χ4n) is 1.39. The molecule has 0 bridgehead atoms. The molecule has 1 aliphatic carbocycles. The Labute approximate surface area is 100 Å². The van der Waals surface area contributed by atoms with Gasteiger partial charge in [0.15, 0.2) is 6.10 Å². The minimum absolute atomic E-state index is 0.536. The first kappa shape index (κ1) is 16.5. The summed E-state index contributed by atoms with van der Waals surface area (Å²) in [7, 11) is -4.66. The first-order valence-electron chi connectivity index (χ1n) is 5.44. The molecule has 0 spiro atoms. The number of phosphoric acid groups is 1. The monoisotopic (exact) mass is 269 g/mol. The lowest BCUT2D eigenvalue weighted by Crippen LogP contribution is -2.22. The minimum Gasteiger partial charge on any atom is -0.479 e.